The lowest BCUT2D eigenvalue weighted by atomic mass is 9.88. The van der Waals surface area contributed by atoms with Crippen LogP contribution in [0.4, 0.5) is 4.79 Å². The number of hydrogen-bond donors (Lipinski definition) is 2. The Kier molecular flexibility index (Phi) is 6.28. The van der Waals surface area contributed by atoms with Crippen LogP contribution in [-0.4, -0.2) is 24.0 Å². The number of nitrogens with two attached hydrogens (primary N) is 1. The van der Waals surface area contributed by atoms with E-state index >= 15 is 0 Å². The summed E-state index contributed by atoms with van der Waals surface area (Å²) in [6.45, 7) is 1.39. The van der Waals surface area contributed by atoms with Gasteiger partial charge in [-0.3, -0.25) is 14.9 Å². The summed E-state index contributed by atoms with van der Waals surface area (Å²) in [6, 6.07) is 18.2. The first-order chi connectivity index (χ1) is 12.0. The van der Waals surface area contributed by atoms with Crippen LogP contribution in [0.3, 0.4) is 0 Å². The number of ether oxygens (including phenoxy) is 1. The molecule has 3 N–H and O–H groups in total. The van der Waals surface area contributed by atoms with Crippen molar-refractivity contribution in [3.63, 3.8) is 0 Å². The van der Waals surface area contributed by atoms with Gasteiger partial charge in [-0.15, -0.1) is 0 Å². The molecule has 130 valence electrons. The predicted molar refractivity (Wildman–Crippen MR) is 92.6 cm³/mol. The quantitative estimate of drug-likeness (QED) is 0.789. The number of rotatable bonds is 6. The number of carbonyl (C=O) groups is 3. The lowest BCUT2D eigenvalue weighted by molar-refractivity contribution is -0.154. The first kappa shape index (κ1) is 18.2. The number of amides is 3. The minimum Gasteiger partial charge on any atom is -0.453 e. The van der Waals surface area contributed by atoms with E-state index < -0.39 is 24.0 Å². The van der Waals surface area contributed by atoms with Gasteiger partial charge in [0.05, 0.1) is 6.42 Å². The van der Waals surface area contributed by atoms with Crippen molar-refractivity contribution >= 4 is 17.9 Å². The highest BCUT2D eigenvalue weighted by Crippen LogP contribution is 2.28. The van der Waals surface area contributed by atoms with Gasteiger partial charge in [-0.25, -0.2) is 4.79 Å². The molecule has 0 aliphatic rings. The van der Waals surface area contributed by atoms with E-state index in [4.69, 9.17) is 10.5 Å². The first-order valence-corrected chi connectivity index (χ1v) is 7.87. The van der Waals surface area contributed by atoms with Crippen molar-refractivity contribution in [2.45, 2.75) is 25.4 Å². The van der Waals surface area contributed by atoms with Gasteiger partial charge in [0.25, 0.3) is 5.91 Å². The van der Waals surface area contributed by atoms with Crippen LogP contribution >= 0.6 is 0 Å². The summed E-state index contributed by atoms with van der Waals surface area (Å²) in [7, 11) is 0. The Labute approximate surface area is 146 Å². The summed E-state index contributed by atoms with van der Waals surface area (Å²) in [6.07, 6.45) is -1.03. The second-order valence-corrected chi connectivity index (χ2v) is 5.56. The van der Waals surface area contributed by atoms with Gasteiger partial charge < -0.3 is 10.5 Å². The number of urea groups is 1. The maximum absolute atomic E-state index is 12.3. The largest absolute Gasteiger partial charge is 0.453 e. The van der Waals surface area contributed by atoms with E-state index in [1.54, 1.807) is 0 Å². The van der Waals surface area contributed by atoms with Crippen LogP contribution in [0.2, 0.25) is 0 Å². The monoisotopic (exact) mass is 340 g/mol. The molecule has 0 spiro atoms. The number of imide groups is 1. The zero-order chi connectivity index (χ0) is 18.2. The van der Waals surface area contributed by atoms with Crippen molar-refractivity contribution in [2.75, 3.05) is 0 Å². The van der Waals surface area contributed by atoms with Crippen LogP contribution in [0, 0.1) is 0 Å². The van der Waals surface area contributed by atoms with E-state index in [2.05, 4.69) is 0 Å². The standard InChI is InChI=1S/C19H20N2O4/c1-13(18(23)21-19(20)24)25-17(22)12-16(14-8-4-2-5-9-14)15-10-6-3-7-11-15/h2-11,13,16H,12H2,1H3,(H3,20,21,23,24). The molecular weight excluding hydrogens is 320 g/mol. The van der Waals surface area contributed by atoms with Gasteiger partial charge in [0, 0.05) is 5.92 Å². The Bertz CT molecular complexity index is 692. The minimum atomic E-state index is -1.10. The van der Waals surface area contributed by atoms with E-state index in [0.717, 1.165) is 11.1 Å². The summed E-state index contributed by atoms with van der Waals surface area (Å²) in [5, 5.41) is 1.89. The Balaban J connectivity index is 2.11. The molecule has 6 nitrogen and oxygen atoms in total. The normalized spacial score (nSPS) is 11.6. The highest BCUT2D eigenvalue weighted by molar-refractivity contribution is 5.96. The molecule has 2 rings (SSSR count). The van der Waals surface area contributed by atoms with Crippen LogP contribution in [0.5, 0.6) is 0 Å². The van der Waals surface area contributed by atoms with Gasteiger partial charge in [-0.2, -0.15) is 0 Å². The smallest absolute Gasteiger partial charge is 0.318 e. The molecule has 0 aliphatic carbocycles. The van der Waals surface area contributed by atoms with E-state index in [0.29, 0.717) is 0 Å². The zero-order valence-electron chi connectivity index (χ0n) is 13.8. The lowest BCUT2D eigenvalue weighted by Crippen LogP contribution is -2.42. The van der Waals surface area contributed by atoms with Crippen LogP contribution in [0.25, 0.3) is 0 Å². The summed E-state index contributed by atoms with van der Waals surface area (Å²) in [5.74, 6) is -1.48. The van der Waals surface area contributed by atoms with Crippen LogP contribution in [0.15, 0.2) is 60.7 Å². The van der Waals surface area contributed by atoms with Crippen molar-refractivity contribution < 1.29 is 19.1 Å². The molecule has 3 amide bonds. The van der Waals surface area contributed by atoms with Gasteiger partial charge in [-0.05, 0) is 18.1 Å². The molecular formula is C19H20N2O4. The average Bonchev–Trinajstić information content (AvgIpc) is 2.60. The highest BCUT2D eigenvalue weighted by Gasteiger charge is 2.23. The highest BCUT2D eigenvalue weighted by atomic mass is 16.5. The molecule has 1 unspecified atom stereocenters. The topological polar surface area (TPSA) is 98.5 Å². The Morgan fingerprint density at radius 1 is 0.960 bits per heavy atom. The summed E-state index contributed by atoms with van der Waals surface area (Å²) in [5.41, 5.74) is 6.83. The number of esters is 1. The maximum atomic E-state index is 12.3. The lowest BCUT2D eigenvalue weighted by Gasteiger charge is -2.19. The molecule has 0 radical (unpaired) electrons. The Hall–Kier alpha value is -3.15. The Morgan fingerprint density at radius 3 is 1.88 bits per heavy atom. The molecule has 0 aromatic heterocycles. The van der Waals surface area contributed by atoms with E-state index in [9.17, 15) is 14.4 Å². The van der Waals surface area contributed by atoms with Gasteiger partial charge in [0.2, 0.25) is 0 Å². The molecule has 0 fully saturated rings. The van der Waals surface area contributed by atoms with Crippen LogP contribution < -0.4 is 11.1 Å². The van der Waals surface area contributed by atoms with Gasteiger partial charge in [0.15, 0.2) is 6.10 Å². The fraction of sp³-hybridized carbons (Fsp3) is 0.211. The molecule has 25 heavy (non-hydrogen) atoms. The number of hydrogen-bond acceptors (Lipinski definition) is 4. The summed E-state index contributed by atoms with van der Waals surface area (Å²) < 4.78 is 5.13. The summed E-state index contributed by atoms with van der Waals surface area (Å²) in [4.78, 5) is 34.6. The fourth-order valence-electron chi connectivity index (χ4n) is 2.49. The number of benzene rings is 2. The minimum absolute atomic E-state index is 0.0716. The second kappa shape index (κ2) is 8.63. The number of nitrogens with one attached hydrogen (secondary N) is 1. The number of primary amides is 1. The second-order valence-electron chi connectivity index (χ2n) is 5.56. The van der Waals surface area contributed by atoms with Crippen LogP contribution in [-0.2, 0) is 14.3 Å². The van der Waals surface area contributed by atoms with Gasteiger partial charge in [0.1, 0.15) is 0 Å². The van der Waals surface area contributed by atoms with Crippen molar-refractivity contribution in [2.24, 2.45) is 5.73 Å². The van der Waals surface area contributed by atoms with Crippen molar-refractivity contribution in [3.8, 4) is 0 Å². The van der Waals surface area contributed by atoms with E-state index in [1.807, 2.05) is 66.0 Å². The molecule has 1 atom stereocenters. The third-order valence-corrected chi connectivity index (χ3v) is 3.70. The van der Waals surface area contributed by atoms with Crippen molar-refractivity contribution in [1.29, 1.82) is 0 Å². The molecule has 0 aliphatic heterocycles. The molecule has 6 heteroatoms. The Morgan fingerprint density at radius 2 is 1.44 bits per heavy atom. The molecule has 2 aromatic carbocycles. The first-order valence-electron chi connectivity index (χ1n) is 7.87. The SMILES string of the molecule is CC(OC(=O)CC(c1ccccc1)c1ccccc1)C(=O)NC(N)=O. The van der Waals surface area contributed by atoms with Crippen molar-refractivity contribution in [3.05, 3.63) is 71.8 Å². The van der Waals surface area contributed by atoms with Gasteiger partial charge in [-0.1, -0.05) is 60.7 Å². The average molecular weight is 340 g/mol. The van der Waals surface area contributed by atoms with Crippen LogP contribution in [0.1, 0.15) is 30.4 Å². The van der Waals surface area contributed by atoms with Crippen molar-refractivity contribution in [1.82, 2.24) is 5.32 Å². The van der Waals surface area contributed by atoms with Gasteiger partial charge >= 0.3 is 12.0 Å². The maximum Gasteiger partial charge on any atom is 0.318 e. The molecule has 0 bridgehead atoms. The predicted octanol–water partition coefficient (Wildman–Crippen LogP) is 2.34. The summed E-state index contributed by atoms with van der Waals surface area (Å²) >= 11 is 0. The van der Waals surface area contributed by atoms with E-state index in [1.165, 1.54) is 6.92 Å². The third-order valence-electron chi connectivity index (χ3n) is 3.70. The number of carbonyl (C=O) groups excluding carboxylic acids is 3. The molecule has 2 aromatic rings. The molecule has 0 saturated heterocycles. The third kappa shape index (κ3) is 5.46. The zero-order valence-corrected chi connectivity index (χ0v) is 13.8. The molecule has 0 heterocycles. The fourth-order valence-corrected chi connectivity index (χ4v) is 2.49. The van der Waals surface area contributed by atoms with E-state index in [-0.39, 0.29) is 12.3 Å². The molecule has 0 saturated carbocycles.